The number of benzene rings is 2. The van der Waals surface area contributed by atoms with Gasteiger partial charge in [0.15, 0.2) is 0 Å². The van der Waals surface area contributed by atoms with Gasteiger partial charge in [-0.3, -0.25) is 0 Å². The van der Waals surface area contributed by atoms with Gasteiger partial charge in [0.25, 0.3) is 0 Å². The van der Waals surface area contributed by atoms with E-state index < -0.39 is 0 Å². The highest BCUT2D eigenvalue weighted by atomic mass is 14.9. The first kappa shape index (κ1) is 12.2. The molecule has 2 aromatic carbocycles. The van der Waals surface area contributed by atoms with Gasteiger partial charge in [0.2, 0.25) is 0 Å². The van der Waals surface area contributed by atoms with Gasteiger partial charge < -0.3 is 5.32 Å². The van der Waals surface area contributed by atoms with Gasteiger partial charge in [0.1, 0.15) is 0 Å². The molecule has 0 fully saturated rings. The second-order valence-corrected chi connectivity index (χ2v) is 6.13. The molecule has 0 spiro atoms. The molecule has 20 heavy (non-hydrogen) atoms. The van der Waals surface area contributed by atoms with Gasteiger partial charge in [-0.25, -0.2) is 0 Å². The van der Waals surface area contributed by atoms with Crippen LogP contribution in [0.5, 0.6) is 0 Å². The van der Waals surface area contributed by atoms with Crippen LogP contribution in [0.25, 0.3) is 11.1 Å². The molecule has 0 aromatic heterocycles. The average Bonchev–Trinajstić information content (AvgIpc) is 3.12. The predicted molar refractivity (Wildman–Crippen MR) is 84.0 cm³/mol. The monoisotopic (exact) mass is 263 g/mol. The number of nitrogens with one attached hydrogen (secondary N) is 1. The predicted octanol–water partition coefficient (Wildman–Crippen LogP) is 4.05. The van der Waals surface area contributed by atoms with Crippen molar-refractivity contribution in [2.75, 3.05) is 7.05 Å². The highest BCUT2D eigenvalue weighted by Crippen LogP contribution is 2.35. The highest BCUT2D eigenvalue weighted by molar-refractivity contribution is 5.67. The van der Waals surface area contributed by atoms with Gasteiger partial charge in [0, 0.05) is 6.04 Å². The van der Waals surface area contributed by atoms with Crippen LogP contribution in [-0.4, -0.2) is 7.05 Å². The number of fused-ring (bicyclic) bond motifs is 2. The summed E-state index contributed by atoms with van der Waals surface area (Å²) in [4.78, 5) is 0. The van der Waals surface area contributed by atoms with E-state index in [1.54, 1.807) is 11.1 Å². The molecular formula is C19H21N. The fraction of sp³-hybridized carbons (Fsp3) is 0.368. The van der Waals surface area contributed by atoms with Crippen LogP contribution in [0.4, 0.5) is 0 Å². The Kier molecular flexibility index (Phi) is 2.89. The van der Waals surface area contributed by atoms with Gasteiger partial charge in [-0.15, -0.1) is 0 Å². The molecule has 1 nitrogen and oxygen atoms in total. The Morgan fingerprint density at radius 2 is 1.60 bits per heavy atom. The molecular weight excluding hydrogens is 242 g/mol. The molecule has 102 valence electrons. The van der Waals surface area contributed by atoms with E-state index in [4.69, 9.17) is 0 Å². The van der Waals surface area contributed by atoms with E-state index in [9.17, 15) is 0 Å². The van der Waals surface area contributed by atoms with Gasteiger partial charge in [-0.05, 0) is 72.5 Å². The van der Waals surface area contributed by atoms with Crippen molar-refractivity contribution in [3.05, 3.63) is 58.7 Å². The zero-order chi connectivity index (χ0) is 13.5. The molecule has 0 aliphatic heterocycles. The Bertz CT molecular complexity index is 657. The van der Waals surface area contributed by atoms with E-state index >= 15 is 0 Å². The molecule has 0 bridgehead atoms. The lowest BCUT2D eigenvalue weighted by molar-refractivity contribution is 0.590. The van der Waals surface area contributed by atoms with Gasteiger partial charge >= 0.3 is 0 Å². The van der Waals surface area contributed by atoms with Crippen LogP contribution in [0.1, 0.15) is 41.1 Å². The lowest BCUT2D eigenvalue weighted by Crippen LogP contribution is -2.12. The summed E-state index contributed by atoms with van der Waals surface area (Å²) in [5, 5.41) is 3.41. The third-order valence-electron chi connectivity index (χ3n) is 5.00. The molecule has 0 heterocycles. The molecule has 1 N–H and O–H groups in total. The summed E-state index contributed by atoms with van der Waals surface area (Å²) < 4.78 is 0. The summed E-state index contributed by atoms with van der Waals surface area (Å²) in [5.41, 5.74) is 8.93. The molecule has 0 saturated heterocycles. The average molecular weight is 263 g/mol. The Morgan fingerprint density at radius 1 is 0.850 bits per heavy atom. The van der Waals surface area contributed by atoms with Crippen molar-refractivity contribution in [2.45, 2.75) is 38.1 Å². The summed E-state index contributed by atoms with van der Waals surface area (Å²) in [6.07, 6.45) is 6.30. The van der Waals surface area contributed by atoms with Crippen LogP contribution < -0.4 is 5.32 Å². The quantitative estimate of drug-likeness (QED) is 0.862. The maximum atomic E-state index is 3.41. The summed E-state index contributed by atoms with van der Waals surface area (Å²) in [7, 11) is 2.06. The van der Waals surface area contributed by atoms with Crippen LogP contribution in [0.2, 0.25) is 0 Å². The number of hydrogen-bond donors (Lipinski definition) is 1. The van der Waals surface area contributed by atoms with Crippen molar-refractivity contribution in [1.29, 1.82) is 0 Å². The fourth-order valence-corrected chi connectivity index (χ4v) is 3.85. The minimum Gasteiger partial charge on any atom is -0.313 e. The zero-order valence-corrected chi connectivity index (χ0v) is 12.1. The molecule has 0 saturated carbocycles. The van der Waals surface area contributed by atoms with Crippen molar-refractivity contribution in [3.63, 3.8) is 0 Å². The van der Waals surface area contributed by atoms with Crippen LogP contribution in [-0.2, 0) is 19.3 Å². The summed E-state index contributed by atoms with van der Waals surface area (Å²) in [6, 6.07) is 14.6. The molecule has 0 amide bonds. The van der Waals surface area contributed by atoms with E-state index in [1.165, 1.54) is 54.4 Å². The number of aryl methyl sites for hydroxylation is 3. The highest BCUT2D eigenvalue weighted by Gasteiger charge is 2.21. The van der Waals surface area contributed by atoms with Crippen LogP contribution in [0, 0.1) is 0 Å². The maximum absolute atomic E-state index is 3.41. The smallest absolute Gasteiger partial charge is 0.0323 e. The third-order valence-corrected chi connectivity index (χ3v) is 5.00. The lowest BCUT2D eigenvalue weighted by Gasteiger charge is -2.11. The Hall–Kier alpha value is -1.60. The van der Waals surface area contributed by atoms with Crippen LogP contribution in [0.3, 0.4) is 0 Å². The standard InChI is InChI=1S/C19H21N/c1-20-19-10-8-17-12-16(7-9-18(17)19)15-6-5-13-3-2-4-14(13)11-15/h5-7,9,11-12,19-20H,2-4,8,10H2,1H3. The Morgan fingerprint density at radius 3 is 2.45 bits per heavy atom. The second-order valence-electron chi connectivity index (χ2n) is 6.13. The summed E-state index contributed by atoms with van der Waals surface area (Å²) in [5.74, 6) is 0. The van der Waals surface area contributed by atoms with E-state index in [-0.39, 0.29) is 0 Å². The largest absolute Gasteiger partial charge is 0.313 e. The first-order valence-electron chi connectivity index (χ1n) is 7.77. The zero-order valence-electron chi connectivity index (χ0n) is 12.1. The van der Waals surface area contributed by atoms with Crippen LogP contribution >= 0.6 is 0 Å². The minimum absolute atomic E-state index is 0.555. The van der Waals surface area contributed by atoms with Gasteiger partial charge in [-0.1, -0.05) is 36.4 Å². The van der Waals surface area contributed by atoms with Gasteiger partial charge in [0.05, 0.1) is 0 Å². The Labute approximate surface area is 121 Å². The van der Waals surface area contributed by atoms with Crippen molar-refractivity contribution >= 4 is 0 Å². The van der Waals surface area contributed by atoms with Crippen molar-refractivity contribution in [1.82, 2.24) is 5.32 Å². The van der Waals surface area contributed by atoms with Crippen molar-refractivity contribution < 1.29 is 0 Å². The molecule has 4 rings (SSSR count). The van der Waals surface area contributed by atoms with Crippen LogP contribution in [0.15, 0.2) is 36.4 Å². The van der Waals surface area contributed by atoms with E-state index in [0.29, 0.717) is 6.04 Å². The molecule has 0 radical (unpaired) electrons. The molecule has 1 unspecified atom stereocenters. The SMILES string of the molecule is CNC1CCc2cc(-c3ccc4c(c3)CCC4)ccc21. The van der Waals surface area contributed by atoms with Gasteiger partial charge in [-0.2, -0.15) is 0 Å². The molecule has 1 atom stereocenters. The van der Waals surface area contributed by atoms with E-state index in [0.717, 1.165) is 0 Å². The molecule has 2 aromatic rings. The maximum Gasteiger partial charge on any atom is 0.0323 e. The topological polar surface area (TPSA) is 12.0 Å². The number of hydrogen-bond acceptors (Lipinski definition) is 1. The molecule has 1 heteroatoms. The normalized spacial score (nSPS) is 19.9. The van der Waals surface area contributed by atoms with E-state index in [1.807, 2.05) is 0 Å². The van der Waals surface area contributed by atoms with E-state index in [2.05, 4.69) is 48.8 Å². The lowest BCUT2D eigenvalue weighted by atomic mass is 9.97. The first-order chi connectivity index (χ1) is 9.85. The minimum atomic E-state index is 0.555. The molecule has 2 aliphatic rings. The second kappa shape index (κ2) is 4.75. The number of rotatable bonds is 2. The first-order valence-corrected chi connectivity index (χ1v) is 7.77. The Balaban J connectivity index is 1.73. The molecule has 2 aliphatic carbocycles. The third kappa shape index (κ3) is 1.89. The summed E-state index contributed by atoms with van der Waals surface area (Å²) in [6.45, 7) is 0. The summed E-state index contributed by atoms with van der Waals surface area (Å²) >= 11 is 0. The van der Waals surface area contributed by atoms with Crippen molar-refractivity contribution in [2.24, 2.45) is 0 Å². The van der Waals surface area contributed by atoms with Crippen molar-refractivity contribution in [3.8, 4) is 11.1 Å². The fourth-order valence-electron chi connectivity index (χ4n) is 3.85.